The Hall–Kier alpha value is -3.43. The topological polar surface area (TPSA) is 134 Å². The minimum absolute atomic E-state index is 0.00325. The third kappa shape index (κ3) is 6.82. The highest BCUT2D eigenvalue weighted by Gasteiger charge is 2.47. The zero-order valence-electron chi connectivity index (χ0n) is 21.7. The summed E-state index contributed by atoms with van der Waals surface area (Å²) in [5.74, 6) is -0.817. The van der Waals surface area contributed by atoms with Crippen LogP contribution in [0.15, 0.2) is 46.8 Å². The highest BCUT2D eigenvalue weighted by atomic mass is 32.2. The number of hydrogen-bond donors (Lipinski definition) is 2. The first-order chi connectivity index (χ1) is 18.5. The summed E-state index contributed by atoms with van der Waals surface area (Å²) in [4.78, 5) is 17.3. The summed E-state index contributed by atoms with van der Waals surface area (Å²) in [6, 6.07) is 8.28. The number of aryl methyl sites for hydroxylation is 2. The Morgan fingerprint density at radius 1 is 1.07 bits per heavy atom. The zero-order chi connectivity index (χ0) is 29.5. The number of amides is 1. The molecular weight excluding hydrogens is 573 g/mol. The number of aliphatic imine (C=N–C) groups is 1. The van der Waals surface area contributed by atoms with E-state index in [0.29, 0.717) is 22.4 Å². The lowest BCUT2D eigenvalue weighted by atomic mass is 9.89. The minimum atomic E-state index is -4.87. The van der Waals surface area contributed by atoms with Crippen LogP contribution >= 0.6 is 0 Å². The zero-order valence-corrected chi connectivity index (χ0v) is 23.4. The SMILES string of the molecule is Cc1cc(NS(C)(=O)=O)cc(C)c1C=CS(=O)(=O)N1CCC2(CC1)N=C(c1cccc(OC(F)(F)F)c1)NC2=O. The van der Waals surface area contributed by atoms with Crippen molar-refractivity contribution >= 4 is 43.6 Å². The van der Waals surface area contributed by atoms with Gasteiger partial charge in [-0.2, -0.15) is 4.31 Å². The summed E-state index contributed by atoms with van der Waals surface area (Å²) >= 11 is 0. The number of hydrogen-bond acceptors (Lipinski definition) is 7. The predicted octanol–water partition coefficient (Wildman–Crippen LogP) is 3.29. The van der Waals surface area contributed by atoms with Crippen LogP contribution in [-0.2, 0) is 24.8 Å². The van der Waals surface area contributed by atoms with Crippen LogP contribution in [0.2, 0.25) is 0 Å². The van der Waals surface area contributed by atoms with E-state index in [-0.39, 0.29) is 37.3 Å². The molecule has 1 amide bonds. The molecule has 2 aliphatic heterocycles. The van der Waals surface area contributed by atoms with Gasteiger partial charge in [-0.15, -0.1) is 13.2 Å². The summed E-state index contributed by atoms with van der Waals surface area (Å²) in [5.41, 5.74) is 1.33. The van der Waals surface area contributed by atoms with Crippen molar-refractivity contribution in [3.63, 3.8) is 0 Å². The molecule has 1 fully saturated rings. The molecule has 10 nitrogen and oxygen atoms in total. The second-order valence-electron chi connectivity index (χ2n) is 9.67. The smallest absolute Gasteiger partial charge is 0.406 e. The number of ether oxygens (including phenoxy) is 1. The van der Waals surface area contributed by atoms with Gasteiger partial charge in [-0.3, -0.25) is 14.5 Å². The summed E-state index contributed by atoms with van der Waals surface area (Å²) in [7, 11) is -7.34. The minimum Gasteiger partial charge on any atom is -0.406 e. The van der Waals surface area contributed by atoms with E-state index in [1.807, 2.05) is 0 Å². The maximum atomic E-state index is 13.1. The van der Waals surface area contributed by atoms with Crippen molar-refractivity contribution in [2.24, 2.45) is 4.99 Å². The van der Waals surface area contributed by atoms with Gasteiger partial charge in [0, 0.05) is 29.7 Å². The molecule has 0 aromatic heterocycles. The van der Waals surface area contributed by atoms with Crippen molar-refractivity contribution < 1.29 is 39.5 Å². The number of carbonyl (C=O) groups excluding carboxylic acids is 1. The van der Waals surface area contributed by atoms with Gasteiger partial charge in [-0.05, 0) is 73.7 Å². The van der Waals surface area contributed by atoms with Crippen LogP contribution in [0.5, 0.6) is 5.75 Å². The van der Waals surface area contributed by atoms with Crippen molar-refractivity contribution in [1.82, 2.24) is 9.62 Å². The highest BCUT2D eigenvalue weighted by Crippen LogP contribution is 2.33. The maximum absolute atomic E-state index is 13.1. The number of piperidine rings is 1. The molecule has 0 unspecified atom stereocenters. The molecule has 0 aliphatic carbocycles. The lowest BCUT2D eigenvalue weighted by Gasteiger charge is -2.34. The van der Waals surface area contributed by atoms with Crippen molar-refractivity contribution in [3.8, 4) is 5.75 Å². The molecule has 2 N–H and O–H groups in total. The molecule has 2 aromatic carbocycles. The van der Waals surface area contributed by atoms with Crippen LogP contribution in [0.25, 0.3) is 6.08 Å². The molecule has 0 saturated carbocycles. The van der Waals surface area contributed by atoms with Gasteiger partial charge in [0.2, 0.25) is 20.0 Å². The number of carbonyl (C=O) groups is 1. The fourth-order valence-corrected chi connectivity index (χ4v) is 6.41. The fraction of sp³-hybridized carbons (Fsp3) is 0.360. The lowest BCUT2D eigenvalue weighted by Crippen LogP contribution is -2.50. The van der Waals surface area contributed by atoms with Crippen LogP contribution < -0.4 is 14.8 Å². The van der Waals surface area contributed by atoms with E-state index >= 15 is 0 Å². The molecule has 0 bridgehead atoms. The van der Waals surface area contributed by atoms with Gasteiger partial charge < -0.3 is 10.1 Å². The Morgan fingerprint density at radius 3 is 2.27 bits per heavy atom. The largest absolute Gasteiger partial charge is 0.573 e. The van der Waals surface area contributed by atoms with Crippen LogP contribution in [0, 0.1) is 13.8 Å². The van der Waals surface area contributed by atoms with Gasteiger partial charge in [0.25, 0.3) is 5.91 Å². The second-order valence-corrected chi connectivity index (χ2v) is 13.2. The summed E-state index contributed by atoms with van der Waals surface area (Å²) in [6.45, 7) is 3.47. The van der Waals surface area contributed by atoms with E-state index in [2.05, 4.69) is 19.8 Å². The van der Waals surface area contributed by atoms with Crippen LogP contribution in [0.1, 0.15) is 35.1 Å². The number of amidine groups is 1. The number of alkyl halides is 3. The number of benzene rings is 2. The number of rotatable bonds is 7. The Bertz CT molecular complexity index is 1590. The second kappa shape index (κ2) is 10.5. The number of sulfonamides is 2. The number of anilines is 1. The van der Waals surface area contributed by atoms with Crippen molar-refractivity contribution in [2.75, 3.05) is 24.1 Å². The first-order valence-corrected chi connectivity index (χ1v) is 15.4. The lowest BCUT2D eigenvalue weighted by molar-refractivity contribution is -0.274. The Kier molecular flexibility index (Phi) is 7.77. The molecule has 1 saturated heterocycles. The molecule has 1 spiro atoms. The summed E-state index contributed by atoms with van der Waals surface area (Å²) < 4.78 is 94.5. The number of nitrogens with one attached hydrogen (secondary N) is 2. The standard InChI is InChI=1S/C25H27F3N4O6S2/c1-16-13-19(31-39(3,34)35)14-17(2)21(16)7-12-40(36,37)32-10-8-24(9-11-32)23(33)29-22(30-24)18-5-4-6-20(15-18)38-25(26,27)28/h4-7,12-15,31H,8-11H2,1-3H3,(H,29,30,33). The third-order valence-electron chi connectivity index (χ3n) is 6.53. The van der Waals surface area contributed by atoms with E-state index in [9.17, 15) is 34.8 Å². The monoisotopic (exact) mass is 600 g/mol. The molecule has 2 heterocycles. The molecule has 0 atom stereocenters. The van der Waals surface area contributed by atoms with Crippen LogP contribution in [0.3, 0.4) is 0 Å². The quantitative estimate of drug-likeness (QED) is 0.501. The van der Waals surface area contributed by atoms with Crippen molar-refractivity contribution in [1.29, 1.82) is 0 Å². The van der Waals surface area contributed by atoms with E-state index in [4.69, 9.17) is 0 Å². The summed E-state index contributed by atoms with van der Waals surface area (Å²) in [6.07, 6.45) is -2.23. The van der Waals surface area contributed by atoms with Gasteiger partial charge in [0.1, 0.15) is 17.1 Å². The fourth-order valence-electron chi connectivity index (χ4n) is 4.69. The molecule has 216 valence electrons. The maximum Gasteiger partial charge on any atom is 0.573 e. The van der Waals surface area contributed by atoms with Crippen molar-refractivity contribution in [2.45, 2.75) is 38.6 Å². The van der Waals surface area contributed by atoms with E-state index in [0.717, 1.165) is 23.8 Å². The van der Waals surface area contributed by atoms with Gasteiger partial charge in [-0.1, -0.05) is 12.1 Å². The van der Waals surface area contributed by atoms with Gasteiger partial charge in [0.05, 0.1) is 6.26 Å². The number of nitrogens with zero attached hydrogens (tertiary/aromatic N) is 2. The average Bonchev–Trinajstić information content (AvgIpc) is 3.12. The average molecular weight is 601 g/mol. The molecule has 2 aliphatic rings. The van der Waals surface area contributed by atoms with Crippen molar-refractivity contribution in [3.05, 3.63) is 64.1 Å². The molecule has 4 rings (SSSR count). The number of halogens is 3. The van der Waals surface area contributed by atoms with Crippen LogP contribution in [-0.4, -0.2) is 64.1 Å². The third-order valence-corrected chi connectivity index (χ3v) is 8.71. The molecule has 2 aromatic rings. The first-order valence-electron chi connectivity index (χ1n) is 12.0. The van der Waals surface area contributed by atoms with Gasteiger partial charge in [-0.25, -0.2) is 16.8 Å². The molecule has 40 heavy (non-hydrogen) atoms. The Balaban J connectivity index is 1.47. The van der Waals surface area contributed by atoms with Crippen LogP contribution in [0.4, 0.5) is 18.9 Å². The Morgan fingerprint density at radius 2 is 1.70 bits per heavy atom. The Labute approximate surface area is 230 Å². The van der Waals surface area contributed by atoms with Gasteiger partial charge in [0.15, 0.2) is 0 Å². The predicted molar refractivity (Wildman–Crippen MR) is 144 cm³/mol. The first kappa shape index (κ1) is 29.6. The molecule has 15 heteroatoms. The summed E-state index contributed by atoms with van der Waals surface area (Å²) in [5, 5.41) is 3.67. The van der Waals surface area contributed by atoms with E-state index in [1.54, 1.807) is 26.0 Å². The van der Waals surface area contributed by atoms with E-state index in [1.165, 1.54) is 22.5 Å². The van der Waals surface area contributed by atoms with Gasteiger partial charge >= 0.3 is 6.36 Å². The molecule has 0 radical (unpaired) electrons. The van der Waals surface area contributed by atoms with E-state index < -0.39 is 43.6 Å². The normalized spacial score (nSPS) is 18.1. The highest BCUT2D eigenvalue weighted by molar-refractivity contribution is 7.92. The molecular formula is C25H27F3N4O6S2.